The lowest BCUT2D eigenvalue weighted by atomic mass is 10.1. The van der Waals surface area contributed by atoms with Crippen LogP contribution in [-0.2, 0) is 13.0 Å². The zero-order chi connectivity index (χ0) is 23.8. The number of halogens is 1. The highest BCUT2D eigenvalue weighted by Gasteiger charge is 2.15. The summed E-state index contributed by atoms with van der Waals surface area (Å²) in [4.78, 5) is 25.5. The molecule has 0 saturated heterocycles. The van der Waals surface area contributed by atoms with Crippen LogP contribution in [-0.4, -0.2) is 18.4 Å². The summed E-state index contributed by atoms with van der Waals surface area (Å²) in [5.74, 6) is 0.556. The summed E-state index contributed by atoms with van der Waals surface area (Å²) in [5, 5.41) is 5.66. The largest absolute Gasteiger partial charge is 0.492 e. The fraction of sp³-hybridized carbons (Fsp3) is 0.111. The number of hydrogen-bond donors (Lipinski definition) is 2. The van der Waals surface area contributed by atoms with Gasteiger partial charge in [0.05, 0.1) is 25.0 Å². The summed E-state index contributed by atoms with van der Waals surface area (Å²) in [5.41, 5.74) is 2.49. The molecule has 0 aliphatic carbocycles. The van der Waals surface area contributed by atoms with E-state index in [-0.39, 0.29) is 18.4 Å². The van der Waals surface area contributed by atoms with Gasteiger partial charge in [-0.3, -0.25) is 9.59 Å². The molecule has 4 rings (SSSR count). The second-order valence-corrected chi connectivity index (χ2v) is 8.44. The first-order chi connectivity index (χ1) is 16.6. The van der Waals surface area contributed by atoms with Crippen molar-refractivity contribution in [1.82, 2.24) is 5.32 Å². The van der Waals surface area contributed by atoms with Gasteiger partial charge in [-0.25, -0.2) is 0 Å². The Morgan fingerprint density at radius 3 is 2.53 bits per heavy atom. The maximum atomic E-state index is 13.1. The van der Waals surface area contributed by atoms with Crippen molar-refractivity contribution >= 4 is 33.4 Å². The predicted octanol–water partition coefficient (Wildman–Crippen LogP) is 5.85. The van der Waals surface area contributed by atoms with Crippen LogP contribution in [0, 0.1) is 0 Å². The number of amides is 2. The molecule has 4 aromatic rings. The molecule has 7 heteroatoms. The van der Waals surface area contributed by atoms with Crippen LogP contribution in [0.5, 0.6) is 5.75 Å². The van der Waals surface area contributed by atoms with Crippen molar-refractivity contribution < 1.29 is 18.7 Å². The molecule has 34 heavy (non-hydrogen) atoms. The molecule has 0 aliphatic rings. The summed E-state index contributed by atoms with van der Waals surface area (Å²) < 4.78 is 11.9. The first kappa shape index (κ1) is 23.3. The second-order valence-electron chi connectivity index (χ2n) is 7.52. The van der Waals surface area contributed by atoms with E-state index in [1.165, 1.54) is 0 Å². The lowest BCUT2D eigenvalue weighted by Gasteiger charge is -2.13. The molecule has 6 nitrogen and oxygen atoms in total. The van der Waals surface area contributed by atoms with Crippen molar-refractivity contribution in [2.24, 2.45) is 0 Å². The number of furan rings is 1. The minimum atomic E-state index is -0.329. The van der Waals surface area contributed by atoms with Gasteiger partial charge in [-0.1, -0.05) is 52.3 Å². The first-order valence-electron chi connectivity index (χ1n) is 10.8. The molecule has 0 fully saturated rings. The zero-order valence-electron chi connectivity index (χ0n) is 18.3. The predicted molar refractivity (Wildman–Crippen MR) is 134 cm³/mol. The van der Waals surface area contributed by atoms with E-state index in [2.05, 4.69) is 26.6 Å². The molecule has 0 spiro atoms. The number of rotatable bonds is 9. The summed E-state index contributed by atoms with van der Waals surface area (Å²) >= 11 is 3.42. The van der Waals surface area contributed by atoms with Crippen LogP contribution in [0.15, 0.2) is 100 Å². The van der Waals surface area contributed by atoms with Gasteiger partial charge in [-0.2, -0.15) is 0 Å². The number of carbonyl (C=O) groups excluding carboxylic acids is 2. The fourth-order valence-electron chi connectivity index (χ4n) is 3.35. The van der Waals surface area contributed by atoms with E-state index in [4.69, 9.17) is 9.15 Å². The van der Waals surface area contributed by atoms with Crippen LogP contribution in [0.1, 0.15) is 32.0 Å². The standard InChI is InChI=1S/C27H23BrN2O4/c28-21-11-12-25(34-15-13-19-6-2-1-3-7-19)24(17-21)27(32)30-22-9-4-8-20(16-22)26(31)29-18-23-10-5-14-33-23/h1-12,14,16-17H,13,15,18H2,(H,29,31)(H,30,32). The number of hydrogen-bond acceptors (Lipinski definition) is 4. The third kappa shape index (κ3) is 6.36. The molecule has 0 saturated carbocycles. The molecule has 172 valence electrons. The normalized spacial score (nSPS) is 10.5. The Labute approximate surface area is 206 Å². The molecule has 2 amide bonds. The van der Waals surface area contributed by atoms with E-state index in [1.807, 2.05) is 36.4 Å². The minimum Gasteiger partial charge on any atom is -0.492 e. The van der Waals surface area contributed by atoms with Gasteiger partial charge in [0.25, 0.3) is 11.8 Å². The number of ether oxygens (including phenoxy) is 1. The van der Waals surface area contributed by atoms with Gasteiger partial charge >= 0.3 is 0 Å². The Bertz CT molecular complexity index is 1260. The second kappa shape index (κ2) is 11.3. The van der Waals surface area contributed by atoms with Crippen molar-refractivity contribution in [2.45, 2.75) is 13.0 Å². The van der Waals surface area contributed by atoms with Gasteiger partial charge in [-0.05, 0) is 54.1 Å². The monoisotopic (exact) mass is 518 g/mol. The van der Waals surface area contributed by atoms with Gasteiger partial charge in [0, 0.05) is 22.1 Å². The highest BCUT2D eigenvalue weighted by Crippen LogP contribution is 2.25. The number of carbonyl (C=O) groups is 2. The van der Waals surface area contributed by atoms with Gasteiger partial charge in [0.1, 0.15) is 11.5 Å². The number of benzene rings is 3. The molecule has 1 aromatic heterocycles. The van der Waals surface area contributed by atoms with E-state index >= 15 is 0 Å². The van der Waals surface area contributed by atoms with Gasteiger partial charge in [-0.15, -0.1) is 0 Å². The van der Waals surface area contributed by atoms with Crippen LogP contribution in [0.3, 0.4) is 0 Å². The first-order valence-corrected chi connectivity index (χ1v) is 11.6. The van der Waals surface area contributed by atoms with Crippen molar-refractivity contribution in [2.75, 3.05) is 11.9 Å². The van der Waals surface area contributed by atoms with E-state index in [0.29, 0.717) is 34.9 Å². The molecule has 0 radical (unpaired) electrons. The summed E-state index contributed by atoms with van der Waals surface area (Å²) in [6.45, 7) is 0.724. The van der Waals surface area contributed by atoms with Gasteiger partial charge in [0.2, 0.25) is 0 Å². The van der Waals surface area contributed by atoms with Crippen LogP contribution in [0.25, 0.3) is 0 Å². The Morgan fingerprint density at radius 1 is 0.882 bits per heavy atom. The lowest BCUT2D eigenvalue weighted by molar-refractivity contribution is 0.0946. The topological polar surface area (TPSA) is 80.6 Å². The molecule has 1 heterocycles. The smallest absolute Gasteiger partial charge is 0.259 e. The SMILES string of the molecule is O=C(NCc1ccco1)c1cccc(NC(=O)c2cc(Br)ccc2OCCc2ccccc2)c1. The third-order valence-electron chi connectivity index (χ3n) is 5.06. The van der Waals surface area contributed by atoms with Crippen LogP contribution < -0.4 is 15.4 Å². The van der Waals surface area contributed by atoms with E-state index < -0.39 is 0 Å². The quantitative estimate of drug-likeness (QED) is 0.291. The van der Waals surface area contributed by atoms with Crippen molar-refractivity contribution in [3.8, 4) is 5.75 Å². The van der Waals surface area contributed by atoms with Crippen molar-refractivity contribution in [3.63, 3.8) is 0 Å². The lowest BCUT2D eigenvalue weighted by Crippen LogP contribution is -2.22. The molecular weight excluding hydrogens is 496 g/mol. The third-order valence-corrected chi connectivity index (χ3v) is 5.56. The summed E-state index contributed by atoms with van der Waals surface area (Å²) in [6, 6.07) is 25.6. The zero-order valence-corrected chi connectivity index (χ0v) is 19.9. The van der Waals surface area contributed by atoms with Gasteiger partial charge < -0.3 is 19.8 Å². The van der Waals surface area contributed by atoms with Gasteiger partial charge in [0.15, 0.2) is 0 Å². The minimum absolute atomic E-state index is 0.264. The Morgan fingerprint density at radius 2 is 1.74 bits per heavy atom. The maximum Gasteiger partial charge on any atom is 0.259 e. The molecule has 0 bridgehead atoms. The molecule has 0 atom stereocenters. The molecular formula is C27H23BrN2O4. The van der Waals surface area contributed by atoms with E-state index in [1.54, 1.807) is 54.8 Å². The Balaban J connectivity index is 1.41. The molecule has 0 aliphatic heterocycles. The Hall–Kier alpha value is -3.84. The highest BCUT2D eigenvalue weighted by atomic mass is 79.9. The summed E-state index contributed by atoms with van der Waals surface area (Å²) in [7, 11) is 0. The van der Waals surface area contributed by atoms with E-state index in [0.717, 1.165) is 16.5 Å². The molecule has 2 N–H and O–H groups in total. The van der Waals surface area contributed by atoms with Crippen LogP contribution >= 0.6 is 15.9 Å². The highest BCUT2D eigenvalue weighted by molar-refractivity contribution is 9.10. The average molecular weight is 519 g/mol. The number of nitrogens with one attached hydrogen (secondary N) is 2. The van der Waals surface area contributed by atoms with Crippen molar-refractivity contribution in [1.29, 1.82) is 0 Å². The number of anilines is 1. The van der Waals surface area contributed by atoms with E-state index in [9.17, 15) is 9.59 Å². The van der Waals surface area contributed by atoms with Crippen molar-refractivity contribution in [3.05, 3.63) is 118 Å². The molecule has 0 unspecified atom stereocenters. The fourth-order valence-corrected chi connectivity index (χ4v) is 3.71. The Kier molecular flexibility index (Phi) is 7.78. The van der Waals surface area contributed by atoms with Crippen LogP contribution in [0.2, 0.25) is 0 Å². The maximum absolute atomic E-state index is 13.1. The average Bonchev–Trinajstić information content (AvgIpc) is 3.38. The summed E-state index contributed by atoms with van der Waals surface area (Å²) in [6.07, 6.45) is 2.28. The molecule has 3 aromatic carbocycles. The van der Waals surface area contributed by atoms with Crippen LogP contribution in [0.4, 0.5) is 5.69 Å².